The van der Waals surface area contributed by atoms with Crippen molar-refractivity contribution in [2.45, 2.75) is 83.5 Å². The van der Waals surface area contributed by atoms with Crippen molar-refractivity contribution in [3.8, 4) is 0 Å². The Morgan fingerprint density at radius 2 is 1.90 bits per heavy atom. The van der Waals surface area contributed by atoms with Crippen molar-refractivity contribution >= 4 is 40.4 Å². The lowest BCUT2D eigenvalue weighted by Gasteiger charge is -2.34. The number of carbonyl (C=O) groups is 4. The topological polar surface area (TPSA) is 177 Å². The first-order chi connectivity index (χ1) is 20.1. The van der Waals surface area contributed by atoms with Crippen LogP contribution in [0.4, 0.5) is 0 Å². The molecule has 0 spiro atoms. The summed E-state index contributed by atoms with van der Waals surface area (Å²) in [6, 6.07) is 6.23. The molecular formula is C30H43N7O5. The smallest absolute Gasteiger partial charge is 0.323 e. The predicted molar refractivity (Wildman–Crippen MR) is 159 cm³/mol. The van der Waals surface area contributed by atoms with E-state index in [1.54, 1.807) is 6.92 Å². The third-order valence-electron chi connectivity index (χ3n) is 8.24. The number of likely N-dealkylation sites (tertiary alicyclic amines) is 2. The van der Waals surface area contributed by atoms with E-state index in [1.807, 2.05) is 23.1 Å². The first-order valence-corrected chi connectivity index (χ1v) is 14.9. The number of ether oxygens (including phenoxy) is 1. The van der Waals surface area contributed by atoms with E-state index in [9.17, 15) is 19.2 Å². The predicted octanol–water partition coefficient (Wildman–Crippen LogP) is 1.26. The second-order valence-electron chi connectivity index (χ2n) is 11.1. The molecule has 2 aliphatic rings. The molecule has 0 bridgehead atoms. The number of esters is 1. The maximum atomic E-state index is 13.4. The van der Waals surface area contributed by atoms with Gasteiger partial charge in [0.2, 0.25) is 17.7 Å². The van der Waals surface area contributed by atoms with Crippen molar-refractivity contribution < 1.29 is 23.9 Å². The quantitative estimate of drug-likeness (QED) is 0.166. The minimum Gasteiger partial charge on any atom is -0.465 e. The molecule has 228 valence electrons. The lowest BCUT2D eigenvalue weighted by Crippen LogP contribution is -2.55. The molecule has 3 atom stereocenters. The van der Waals surface area contributed by atoms with Gasteiger partial charge in [0, 0.05) is 42.5 Å². The van der Waals surface area contributed by atoms with E-state index >= 15 is 0 Å². The van der Waals surface area contributed by atoms with Gasteiger partial charge in [-0.1, -0.05) is 12.1 Å². The van der Waals surface area contributed by atoms with E-state index in [0.717, 1.165) is 43.1 Å². The molecule has 6 N–H and O–H groups in total. The fraction of sp³-hybridized carbons (Fsp3) is 0.567. The maximum Gasteiger partial charge on any atom is 0.323 e. The second kappa shape index (κ2) is 13.8. The zero-order chi connectivity index (χ0) is 30.4. The largest absolute Gasteiger partial charge is 0.465 e. The van der Waals surface area contributed by atoms with Crippen molar-refractivity contribution in [2.24, 2.45) is 11.5 Å². The fourth-order valence-corrected chi connectivity index (χ4v) is 6.11. The zero-order valence-electron chi connectivity index (χ0n) is 24.6. The van der Waals surface area contributed by atoms with Crippen LogP contribution >= 0.6 is 0 Å². The average Bonchev–Trinajstić information content (AvgIpc) is 3.57. The van der Waals surface area contributed by atoms with Gasteiger partial charge in [0.15, 0.2) is 0 Å². The molecule has 2 fully saturated rings. The average molecular weight is 582 g/mol. The summed E-state index contributed by atoms with van der Waals surface area (Å²) in [6.07, 6.45) is 4.31. The molecule has 4 rings (SSSR count). The number of nitrogens with one attached hydrogen (secondary N) is 2. The van der Waals surface area contributed by atoms with Crippen LogP contribution in [0.2, 0.25) is 0 Å². The van der Waals surface area contributed by atoms with Crippen molar-refractivity contribution in [3.63, 3.8) is 0 Å². The molecule has 3 amide bonds. The molecule has 1 aromatic carbocycles. The van der Waals surface area contributed by atoms with E-state index in [0.29, 0.717) is 31.5 Å². The number of piperidine rings is 1. The Bertz CT molecular complexity index is 1340. The van der Waals surface area contributed by atoms with Gasteiger partial charge in [0.05, 0.1) is 19.6 Å². The Morgan fingerprint density at radius 1 is 1.14 bits per heavy atom. The second-order valence-corrected chi connectivity index (χ2v) is 11.1. The van der Waals surface area contributed by atoms with Crippen molar-refractivity contribution in [1.82, 2.24) is 19.7 Å². The number of amidine groups is 1. The lowest BCUT2D eigenvalue weighted by molar-refractivity contribution is -0.147. The Kier molecular flexibility index (Phi) is 10.2. The molecule has 1 aromatic heterocycles. The van der Waals surface area contributed by atoms with E-state index in [-0.39, 0.29) is 43.3 Å². The van der Waals surface area contributed by atoms with Crippen molar-refractivity contribution in [3.05, 3.63) is 35.5 Å². The van der Waals surface area contributed by atoms with Crippen LogP contribution in [0.25, 0.3) is 10.9 Å². The van der Waals surface area contributed by atoms with Crippen LogP contribution in [0.1, 0.15) is 63.6 Å². The van der Waals surface area contributed by atoms with E-state index in [2.05, 4.69) is 22.9 Å². The molecule has 0 unspecified atom stereocenters. The molecular weight excluding hydrogens is 538 g/mol. The molecule has 0 aliphatic carbocycles. The third kappa shape index (κ3) is 7.10. The highest BCUT2D eigenvalue weighted by atomic mass is 16.5. The minimum atomic E-state index is -1.09. The van der Waals surface area contributed by atoms with Gasteiger partial charge in [0.1, 0.15) is 17.9 Å². The summed E-state index contributed by atoms with van der Waals surface area (Å²) in [4.78, 5) is 54.1. The number of hydrogen-bond acceptors (Lipinski definition) is 7. The number of aryl methyl sites for hydroxylation is 2. The number of benzene rings is 1. The summed E-state index contributed by atoms with van der Waals surface area (Å²) in [6.45, 7) is 5.80. The summed E-state index contributed by atoms with van der Waals surface area (Å²) in [5.74, 6) is -1.48. The zero-order valence-corrected chi connectivity index (χ0v) is 24.6. The van der Waals surface area contributed by atoms with Crippen LogP contribution in [0.5, 0.6) is 0 Å². The number of amides is 3. The minimum absolute atomic E-state index is 0.0207. The third-order valence-corrected chi connectivity index (χ3v) is 8.24. The number of carbonyl (C=O) groups excluding carboxylic acids is 4. The Labute approximate surface area is 246 Å². The van der Waals surface area contributed by atoms with Crippen LogP contribution in [0, 0.1) is 5.41 Å². The summed E-state index contributed by atoms with van der Waals surface area (Å²) in [5, 5.41) is 11.6. The molecule has 2 aromatic rings. The van der Waals surface area contributed by atoms with E-state index in [1.165, 1.54) is 10.6 Å². The fourth-order valence-electron chi connectivity index (χ4n) is 6.11. The van der Waals surface area contributed by atoms with Crippen LogP contribution in [-0.4, -0.2) is 88.3 Å². The number of hydrogen-bond donors (Lipinski definition) is 4. The van der Waals surface area contributed by atoms with Gasteiger partial charge in [-0.3, -0.25) is 24.6 Å². The number of nitrogens with two attached hydrogens (primary N) is 2. The molecule has 0 saturated carbocycles. The molecule has 12 heteroatoms. The SMILES string of the molecule is CCOC(=O)[C@H](N)CC(=O)N[C@H]1CCCN(CC(=O)N2CCC[C@H]2CCc2cc3ccc(C(=N)N)cc3n2CC)C1=O. The highest BCUT2D eigenvalue weighted by Crippen LogP contribution is 2.26. The van der Waals surface area contributed by atoms with Crippen molar-refractivity contribution in [1.29, 1.82) is 5.41 Å². The van der Waals surface area contributed by atoms with Crippen LogP contribution < -0.4 is 16.8 Å². The molecule has 3 heterocycles. The number of rotatable bonds is 12. The van der Waals surface area contributed by atoms with Crippen LogP contribution in [0.15, 0.2) is 24.3 Å². The summed E-state index contributed by atoms with van der Waals surface area (Å²) < 4.78 is 7.08. The summed E-state index contributed by atoms with van der Waals surface area (Å²) >= 11 is 0. The first-order valence-electron chi connectivity index (χ1n) is 14.9. The van der Waals surface area contributed by atoms with Crippen LogP contribution in [-0.2, 0) is 36.9 Å². The molecule has 12 nitrogen and oxygen atoms in total. The van der Waals surface area contributed by atoms with Gasteiger partial charge < -0.3 is 35.9 Å². The number of nitrogens with zero attached hydrogens (tertiary/aromatic N) is 3. The van der Waals surface area contributed by atoms with Gasteiger partial charge in [-0.15, -0.1) is 0 Å². The highest BCUT2D eigenvalue weighted by molar-refractivity contribution is 5.98. The molecule has 2 saturated heterocycles. The lowest BCUT2D eigenvalue weighted by atomic mass is 10.0. The van der Waals surface area contributed by atoms with Gasteiger partial charge in [-0.05, 0) is 69.9 Å². The highest BCUT2D eigenvalue weighted by Gasteiger charge is 2.35. The van der Waals surface area contributed by atoms with Gasteiger partial charge >= 0.3 is 5.97 Å². The van der Waals surface area contributed by atoms with Crippen molar-refractivity contribution in [2.75, 3.05) is 26.2 Å². The monoisotopic (exact) mass is 581 g/mol. The molecule has 42 heavy (non-hydrogen) atoms. The van der Waals surface area contributed by atoms with E-state index in [4.69, 9.17) is 21.6 Å². The van der Waals surface area contributed by atoms with Gasteiger partial charge in [-0.25, -0.2) is 0 Å². The first kappa shape index (κ1) is 31.0. The standard InChI is InChI=1S/C30H43N7O5/c1-3-36-22(15-19-9-10-20(28(32)33)16-25(19)36)12-11-21-7-5-14-37(21)27(39)18-35-13-6-8-24(29(35)40)34-26(38)17-23(31)30(41)42-4-2/h9-10,15-16,21,23-24H,3-8,11-14,17-18,31H2,1-2H3,(H3,32,33)(H,34,38)/t21-,23+,24-/m0/s1. The summed E-state index contributed by atoms with van der Waals surface area (Å²) in [7, 11) is 0. The normalized spacial score (nSPS) is 19.6. The van der Waals surface area contributed by atoms with E-state index < -0.39 is 24.0 Å². The van der Waals surface area contributed by atoms with Gasteiger partial charge in [0.25, 0.3) is 0 Å². The molecule has 2 aliphatic heterocycles. The van der Waals surface area contributed by atoms with Crippen LogP contribution in [0.3, 0.4) is 0 Å². The molecule has 0 radical (unpaired) electrons. The Morgan fingerprint density at radius 3 is 2.62 bits per heavy atom. The number of fused-ring (bicyclic) bond motifs is 1. The Hall–Kier alpha value is -3.93. The van der Waals surface area contributed by atoms with Gasteiger partial charge in [-0.2, -0.15) is 0 Å². The summed E-state index contributed by atoms with van der Waals surface area (Å²) in [5.41, 5.74) is 14.4. The Balaban J connectivity index is 1.33. The number of aromatic nitrogens is 1. The number of nitrogen functional groups attached to an aromatic ring is 1. The maximum absolute atomic E-state index is 13.4.